The van der Waals surface area contributed by atoms with Crippen molar-refractivity contribution in [2.24, 2.45) is 0 Å². The van der Waals surface area contributed by atoms with Gasteiger partial charge in [-0.2, -0.15) is 0 Å². The van der Waals surface area contributed by atoms with Gasteiger partial charge in [-0.1, -0.05) is 181 Å². The molecule has 0 spiro atoms. The smallest absolute Gasteiger partial charge is 0.0159 e. The minimum Gasteiger partial charge on any atom is -0.0622 e. The molecule has 0 aromatic heterocycles. The third-order valence-electron chi connectivity index (χ3n) is 15.1. The first-order chi connectivity index (χ1) is 30.5. The molecule has 3 aliphatic rings. The van der Waals surface area contributed by atoms with Crippen molar-refractivity contribution in [2.45, 2.75) is 57.8 Å². The summed E-state index contributed by atoms with van der Waals surface area (Å²) in [5, 5.41) is 0. The number of benzene rings is 9. The third-order valence-corrected chi connectivity index (χ3v) is 15.1. The molecule has 302 valence electrons. The number of hydrogen-bond donors (Lipinski definition) is 0. The molecule has 0 fully saturated rings. The topological polar surface area (TPSA) is 0 Å². The van der Waals surface area contributed by atoms with E-state index < -0.39 is 0 Å². The Morgan fingerprint density at radius 3 is 0.778 bits per heavy atom. The van der Waals surface area contributed by atoms with Gasteiger partial charge in [-0.05, 0) is 177 Å². The van der Waals surface area contributed by atoms with Gasteiger partial charge in [0.15, 0.2) is 0 Å². The van der Waals surface area contributed by atoms with Crippen LogP contribution in [-0.2, 0) is 16.2 Å². The van der Waals surface area contributed by atoms with Crippen LogP contribution in [0.5, 0.6) is 0 Å². The van der Waals surface area contributed by atoms with Crippen molar-refractivity contribution in [3.05, 3.63) is 228 Å². The molecule has 12 rings (SSSR count). The van der Waals surface area contributed by atoms with Gasteiger partial charge in [0.1, 0.15) is 0 Å². The van der Waals surface area contributed by atoms with Gasteiger partial charge in [0.05, 0.1) is 0 Å². The summed E-state index contributed by atoms with van der Waals surface area (Å²) in [5.41, 5.74) is 28.4. The fourth-order valence-electron chi connectivity index (χ4n) is 11.5. The molecule has 0 amide bonds. The molecule has 63 heavy (non-hydrogen) atoms. The van der Waals surface area contributed by atoms with Crippen molar-refractivity contribution in [3.8, 4) is 89.0 Å². The van der Waals surface area contributed by atoms with Crippen molar-refractivity contribution in [3.63, 3.8) is 0 Å². The molecule has 0 aliphatic heterocycles. The zero-order valence-electron chi connectivity index (χ0n) is 37.0. The van der Waals surface area contributed by atoms with Crippen molar-refractivity contribution >= 4 is 0 Å². The average Bonchev–Trinajstić information content (AvgIpc) is 3.80. The molecule has 9 aromatic rings. The van der Waals surface area contributed by atoms with E-state index in [1.807, 2.05) is 0 Å². The quantitative estimate of drug-likeness (QED) is 0.163. The lowest BCUT2D eigenvalue weighted by Crippen LogP contribution is -2.15. The monoisotopic (exact) mass is 806 g/mol. The third kappa shape index (κ3) is 5.67. The summed E-state index contributed by atoms with van der Waals surface area (Å²) in [4.78, 5) is 0. The molecule has 0 N–H and O–H groups in total. The molecule has 3 aliphatic carbocycles. The second kappa shape index (κ2) is 13.5. The minimum atomic E-state index is -0.0896. The zero-order valence-corrected chi connectivity index (χ0v) is 37.0. The molecule has 0 radical (unpaired) electrons. The Hall–Kier alpha value is -7.02. The summed E-state index contributed by atoms with van der Waals surface area (Å²) in [6.45, 7) is 14.3. The molecule has 0 heteroatoms. The highest BCUT2D eigenvalue weighted by Gasteiger charge is 2.38. The lowest BCUT2D eigenvalue weighted by Gasteiger charge is -2.23. The van der Waals surface area contributed by atoms with Gasteiger partial charge in [0.2, 0.25) is 0 Å². The molecular weight excluding hydrogens is 757 g/mol. The molecule has 0 nitrogen and oxygen atoms in total. The van der Waals surface area contributed by atoms with Crippen LogP contribution in [0.3, 0.4) is 0 Å². The van der Waals surface area contributed by atoms with Crippen LogP contribution in [0.25, 0.3) is 89.0 Å². The summed E-state index contributed by atoms with van der Waals surface area (Å²) in [5.74, 6) is 0. The largest absolute Gasteiger partial charge is 0.0622 e. The van der Waals surface area contributed by atoms with E-state index in [0.717, 1.165) is 0 Å². The maximum absolute atomic E-state index is 2.47. The lowest BCUT2D eigenvalue weighted by molar-refractivity contribution is 0.660. The predicted molar refractivity (Wildman–Crippen MR) is 266 cm³/mol. The standard InChI is InChI=1S/C63H50/c1-61(2)55-21-13-10-18-49(55)52-27-24-40(36-58(52)61)44-30-43(39-16-8-7-9-17-39)31-47(33-44)48-34-45(41-25-28-53-50-19-11-14-22-56(50)62(3,4)59(53)37-41)32-46(35-48)42-26-29-54-51-20-12-15-23-57(51)63(5,6)60(54)38-42/h7-38H,1-6H3. The zero-order chi connectivity index (χ0) is 42.8. The van der Waals surface area contributed by atoms with E-state index in [1.54, 1.807) is 0 Å². The molecular formula is C63H50. The van der Waals surface area contributed by atoms with Crippen LogP contribution in [0.2, 0.25) is 0 Å². The molecule has 0 atom stereocenters. The molecule has 0 saturated heterocycles. The molecule has 0 heterocycles. The van der Waals surface area contributed by atoms with Gasteiger partial charge in [0, 0.05) is 16.2 Å². The van der Waals surface area contributed by atoms with Gasteiger partial charge < -0.3 is 0 Å². The van der Waals surface area contributed by atoms with Gasteiger partial charge >= 0.3 is 0 Å². The fraction of sp³-hybridized carbons (Fsp3) is 0.143. The average molecular weight is 807 g/mol. The normalized spacial score (nSPS) is 15.2. The number of rotatable bonds is 5. The molecule has 0 saturated carbocycles. The molecule has 0 unspecified atom stereocenters. The van der Waals surface area contributed by atoms with E-state index in [4.69, 9.17) is 0 Å². The second-order valence-corrected chi connectivity index (χ2v) is 19.8. The molecule has 9 aromatic carbocycles. The van der Waals surface area contributed by atoms with E-state index in [9.17, 15) is 0 Å². The van der Waals surface area contributed by atoms with Crippen LogP contribution in [0.4, 0.5) is 0 Å². The van der Waals surface area contributed by atoms with Crippen molar-refractivity contribution in [1.29, 1.82) is 0 Å². The summed E-state index contributed by atoms with van der Waals surface area (Å²) in [6.07, 6.45) is 0. The maximum atomic E-state index is 2.47. The fourth-order valence-corrected chi connectivity index (χ4v) is 11.5. The Morgan fingerprint density at radius 1 is 0.190 bits per heavy atom. The predicted octanol–water partition coefficient (Wildman–Crippen LogP) is 16.9. The Balaban J connectivity index is 1.06. The van der Waals surface area contributed by atoms with Crippen LogP contribution in [-0.4, -0.2) is 0 Å². The summed E-state index contributed by atoms with van der Waals surface area (Å²) >= 11 is 0. The van der Waals surface area contributed by atoms with E-state index >= 15 is 0 Å². The first-order valence-electron chi connectivity index (χ1n) is 22.6. The summed E-state index contributed by atoms with van der Waals surface area (Å²) in [6, 6.07) is 73.7. The highest BCUT2D eigenvalue weighted by molar-refractivity contribution is 5.91. The van der Waals surface area contributed by atoms with Crippen molar-refractivity contribution < 1.29 is 0 Å². The number of fused-ring (bicyclic) bond motifs is 9. The maximum Gasteiger partial charge on any atom is 0.0159 e. The first kappa shape index (κ1) is 37.7. The van der Waals surface area contributed by atoms with Crippen molar-refractivity contribution in [2.75, 3.05) is 0 Å². The van der Waals surface area contributed by atoms with Crippen LogP contribution in [0.15, 0.2) is 194 Å². The second-order valence-electron chi connectivity index (χ2n) is 19.8. The Bertz CT molecular complexity index is 3230. The van der Waals surface area contributed by atoms with E-state index in [1.165, 1.54) is 122 Å². The van der Waals surface area contributed by atoms with E-state index in [-0.39, 0.29) is 16.2 Å². The van der Waals surface area contributed by atoms with Crippen LogP contribution in [0.1, 0.15) is 74.9 Å². The first-order valence-corrected chi connectivity index (χ1v) is 22.6. The Labute approximate surface area is 372 Å². The van der Waals surface area contributed by atoms with E-state index in [2.05, 4.69) is 236 Å². The van der Waals surface area contributed by atoms with Crippen LogP contribution >= 0.6 is 0 Å². The van der Waals surface area contributed by atoms with Crippen molar-refractivity contribution in [1.82, 2.24) is 0 Å². The van der Waals surface area contributed by atoms with E-state index in [0.29, 0.717) is 0 Å². The van der Waals surface area contributed by atoms with Crippen LogP contribution in [0, 0.1) is 0 Å². The minimum absolute atomic E-state index is 0.0807. The highest BCUT2D eigenvalue weighted by Crippen LogP contribution is 2.53. The Morgan fingerprint density at radius 2 is 0.444 bits per heavy atom. The number of hydrogen-bond acceptors (Lipinski definition) is 0. The van der Waals surface area contributed by atoms with Gasteiger partial charge in [-0.15, -0.1) is 0 Å². The van der Waals surface area contributed by atoms with Gasteiger partial charge in [0.25, 0.3) is 0 Å². The van der Waals surface area contributed by atoms with Gasteiger partial charge in [-0.25, -0.2) is 0 Å². The highest BCUT2D eigenvalue weighted by atomic mass is 14.4. The lowest BCUT2D eigenvalue weighted by atomic mass is 9.80. The molecule has 0 bridgehead atoms. The SMILES string of the molecule is CC1(C)c2ccccc2-c2ccc(-c3cc(-c4ccccc4)cc(-c4cc(-c5ccc6c(c5)C(C)(C)c5ccccc5-6)cc(-c5ccc6c(c5)C(C)(C)c5ccccc5-6)c4)c3)cc21. The van der Waals surface area contributed by atoms with Crippen LogP contribution < -0.4 is 0 Å². The van der Waals surface area contributed by atoms with Gasteiger partial charge in [-0.3, -0.25) is 0 Å². The Kier molecular flexibility index (Phi) is 8.08. The summed E-state index contributed by atoms with van der Waals surface area (Å²) < 4.78 is 0. The summed E-state index contributed by atoms with van der Waals surface area (Å²) in [7, 11) is 0.